The van der Waals surface area contributed by atoms with Crippen molar-refractivity contribution in [3.63, 3.8) is 0 Å². The molecule has 3 rings (SSSR count). The van der Waals surface area contributed by atoms with Gasteiger partial charge in [0.25, 0.3) is 0 Å². The number of nitrogens with two attached hydrogens (primary N) is 1. The highest BCUT2D eigenvalue weighted by Crippen LogP contribution is 2.30. The van der Waals surface area contributed by atoms with Crippen molar-refractivity contribution in [2.24, 2.45) is 11.1 Å². The molecule has 1 fully saturated rings. The van der Waals surface area contributed by atoms with Crippen LogP contribution < -0.4 is 11.1 Å². The number of carbonyl (C=O) groups excluding carboxylic acids is 1. The van der Waals surface area contributed by atoms with Gasteiger partial charge in [-0.2, -0.15) is 0 Å². The maximum absolute atomic E-state index is 12.8. The molecule has 2 aliphatic heterocycles. The van der Waals surface area contributed by atoms with Crippen LogP contribution in [-0.2, 0) is 27.9 Å². The van der Waals surface area contributed by atoms with Crippen LogP contribution in [0.3, 0.4) is 0 Å². The van der Waals surface area contributed by atoms with Gasteiger partial charge in [0.05, 0.1) is 11.1 Å². The smallest absolute Gasteiger partial charge is 0.227 e. The Morgan fingerprint density at radius 3 is 2.62 bits per heavy atom. The van der Waals surface area contributed by atoms with E-state index in [0.29, 0.717) is 32.6 Å². The molecule has 2 aliphatic rings. The van der Waals surface area contributed by atoms with E-state index in [1.54, 1.807) is 0 Å². The number of hydrogen-bond acceptors (Lipinski definition) is 4. The number of hydrogen-bond donors (Lipinski definition) is 2. The third-order valence-corrected chi connectivity index (χ3v) is 5.42. The predicted molar refractivity (Wildman–Crippen MR) is 107 cm³/mol. The van der Waals surface area contributed by atoms with Gasteiger partial charge in [0, 0.05) is 50.4 Å². The Kier molecular flexibility index (Phi) is 7.96. The Bertz CT molecular complexity index is 607. The lowest BCUT2D eigenvalue weighted by atomic mass is 9.79. The number of aromatic nitrogens is 2. The Labute approximate surface area is 168 Å². The average molecular weight is 407 g/mol. The molecule has 0 aromatic carbocycles. The highest BCUT2D eigenvalue weighted by molar-refractivity contribution is 5.85. The molecule has 1 atom stereocenters. The Balaban J connectivity index is 0.00000169. The number of nitrogens with one attached hydrogen (secondary N) is 1. The minimum atomic E-state index is -0.454. The molecule has 8 heteroatoms. The lowest BCUT2D eigenvalue weighted by Gasteiger charge is -2.36. The van der Waals surface area contributed by atoms with Crippen LogP contribution >= 0.6 is 24.8 Å². The third-order valence-electron chi connectivity index (χ3n) is 5.42. The summed E-state index contributed by atoms with van der Waals surface area (Å²) in [5.41, 5.74) is 6.65. The van der Waals surface area contributed by atoms with E-state index in [1.807, 2.05) is 0 Å². The van der Waals surface area contributed by atoms with Gasteiger partial charge in [-0.3, -0.25) is 4.79 Å². The van der Waals surface area contributed by atoms with E-state index in [1.165, 1.54) is 0 Å². The van der Waals surface area contributed by atoms with E-state index in [0.717, 1.165) is 30.9 Å². The predicted octanol–water partition coefficient (Wildman–Crippen LogP) is 2.21. The first-order valence-corrected chi connectivity index (χ1v) is 8.99. The number of fused-ring (bicyclic) bond motifs is 1. The Hall–Kier alpha value is -0.820. The highest BCUT2D eigenvalue weighted by Gasteiger charge is 2.40. The number of nitrogens with zero attached hydrogens (tertiary/aromatic N) is 2. The second-order valence-electron chi connectivity index (χ2n) is 8.25. The van der Waals surface area contributed by atoms with Gasteiger partial charge in [0.2, 0.25) is 5.91 Å². The van der Waals surface area contributed by atoms with Crippen LogP contribution in [0, 0.1) is 5.41 Å². The van der Waals surface area contributed by atoms with E-state index >= 15 is 0 Å². The highest BCUT2D eigenvalue weighted by atomic mass is 35.5. The fraction of sp³-hybridized carbons (Fsp3) is 0.778. The Morgan fingerprint density at radius 1 is 1.38 bits per heavy atom. The van der Waals surface area contributed by atoms with Gasteiger partial charge in [-0.15, -0.1) is 24.8 Å². The molecule has 6 nitrogen and oxygen atoms in total. The van der Waals surface area contributed by atoms with Crippen molar-refractivity contribution in [1.82, 2.24) is 14.9 Å². The van der Waals surface area contributed by atoms with Crippen molar-refractivity contribution < 1.29 is 9.53 Å². The lowest BCUT2D eigenvalue weighted by molar-refractivity contribution is -0.136. The first kappa shape index (κ1) is 23.2. The fourth-order valence-electron chi connectivity index (χ4n) is 3.55. The maximum Gasteiger partial charge on any atom is 0.227 e. The summed E-state index contributed by atoms with van der Waals surface area (Å²) < 4.78 is 7.60. The molecule has 0 spiro atoms. The summed E-state index contributed by atoms with van der Waals surface area (Å²) in [6, 6.07) is 0.151. The van der Waals surface area contributed by atoms with Crippen LogP contribution in [0.25, 0.3) is 0 Å². The van der Waals surface area contributed by atoms with Gasteiger partial charge in [-0.05, 0) is 19.3 Å². The summed E-state index contributed by atoms with van der Waals surface area (Å²) in [5, 5.41) is 3.25. The largest absolute Gasteiger partial charge is 0.381 e. The monoisotopic (exact) mass is 406 g/mol. The van der Waals surface area contributed by atoms with E-state index < -0.39 is 5.41 Å². The molecule has 150 valence electrons. The van der Waals surface area contributed by atoms with E-state index in [4.69, 9.17) is 15.5 Å². The second kappa shape index (κ2) is 8.91. The fourth-order valence-corrected chi connectivity index (χ4v) is 3.55. The third kappa shape index (κ3) is 4.71. The van der Waals surface area contributed by atoms with Crippen LogP contribution in [0.1, 0.15) is 51.6 Å². The minimum Gasteiger partial charge on any atom is -0.381 e. The molecule has 3 N–H and O–H groups in total. The van der Waals surface area contributed by atoms with E-state index in [-0.39, 0.29) is 42.2 Å². The van der Waals surface area contributed by atoms with Crippen LogP contribution in [0.15, 0.2) is 6.20 Å². The number of halogens is 2. The maximum atomic E-state index is 12.8. The molecule has 3 heterocycles. The molecule has 1 saturated heterocycles. The van der Waals surface area contributed by atoms with Crippen molar-refractivity contribution in [3.8, 4) is 0 Å². The molecule has 1 aromatic rings. The number of amides is 1. The number of rotatable bonds is 3. The summed E-state index contributed by atoms with van der Waals surface area (Å²) in [6.07, 6.45) is 5.41. The first-order chi connectivity index (χ1) is 11.3. The molecule has 0 radical (unpaired) electrons. The summed E-state index contributed by atoms with van der Waals surface area (Å²) in [5.74, 6) is 1.22. The summed E-state index contributed by atoms with van der Waals surface area (Å²) in [7, 11) is 0. The lowest BCUT2D eigenvalue weighted by Crippen LogP contribution is -2.53. The normalized spacial score (nSPS) is 21.8. The van der Waals surface area contributed by atoms with Gasteiger partial charge in [-0.25, -0.2) is 4.98 Å². The zero-order chi connectivity index (χ0) is 17.4. The molecule has 1 unspecified atom stereocenters. The van der Waals surface area contributed by atoms with Crippen molar-refractivity contribution in [2.45, 2.75) is 64.5 Å². The molecule has 1 aromatic heterocycles. The van der Waals surface area contributed by atoms with E-state index in [9.17, 15) is 4.79 Å². The van der Waals surface area contributed by atoms with Crippen molar-refractivity contribution in [2.75, 3.05) is 19.8 Å². The van der Waals surface area contributed by atoms with Gasteiger partial charge < -0.3 is 20.4 Å². The van der Waals surface area contributed by atoms with Crippen molar-refractivity contribution in [1.29, 1.82) is 0 Å². The molecule has 26 heavy (non-hydrogen) atoms. The quantitative estimate of drug-likeness (QED) is 0.805. The zero-order valence-corrected chi connectivity index (χ0v) is 17.5. The summed E-state index contributed by atoms with van der Waals surface area (Å²) in [4.78, 5) is 17.6. The molecule has 1 amide bonds. The van der Waals surface area contributed by atoms with Crippen molar-refractivity contribution in [3.05, 3.63) is 17.7 Å². The van der Waals surface area contributed by atoms with Crippen LogP contribution in [0.2, 0.25) is 0 Å². The number of carbonyl (C=O) groups is 1. The molecule has 0 bridgehead atoms. The van der Waals surface area contributed by atoms with Gasteiger partial charge in [0.1, 0.15) is 5.82 Å². The number of imidazole rings is 1. The molecule has 0 aliphatic carbocycles. The SMILES string of the molecule is CC(C)(C)c1cn2c(n1)CCC(NC(=O)C1(CN)CCOCC1)C2.Cl.Cl. The van der Waals surface area contributed by atoms with Crippen molar-refractivity contribution >= 4 is 30.7 Å². The number of aryl methyl sites for hydroxylation is 1. The second-order valence-corrected chi connectivity index (χ2v) is 8.25. The zero-order valence-electron chi connectivity index (χ0n) is 15.9. The first-order valence-electron chi connectivity index (χ1n) is 8.99. The summed E-state index contributed by atoms with van der Waals surface area (Å²) in [6.45, 7) is 8.96. The van der Waals surface area contributed by atoms with Crippen LogP contribution in [0.5, 0.6) is 0 Å². The molecular weight excluding hydrogens is 375 g/mol. The minimum absolute atomic E-state index is 0. The topological polar surface area (TPSA) is 82.2 Å². The summed E-state index contributed by atoms with van der Waals surface area (Å²) >= 11 is 0. The van der Waals surface area contributed by atoms with Gasteiger partial charge >= 0.3 is 0 Å². The van der Waals surface area contributed by atoms with Gasteiger partial charge in [0.15, 0.2) is 0 Å². The Morgan fingerprint density at radius 2 is 2.04 bits per heavy atom. The van der Waals surface area contributed by atoms with Crippen LogP contribution in [0.4, 0.5) is 0 Å². The molecular formula is C18H32Cl2N4O2. The van der Waals surface area contributed by atoms with Crippen LogP contribution in [-0.4, -0.2) is 41.3 Å². The van der Waals surface area contributed by atoms with Gasteiger partial charge in [-0.1, -0.05) is 20.8 Å². The standard InChI is InChI=1S/C18H30N4O2.2ClH/c1-17(2,3)14-11-22-10-13(4-5-15(22)21-14)20-16(23)18(12-19)6-8-24-9-7-18;;/h11,13H,4-10,12,19H2,1-3H3,(H,20,23);2*1H. The molecule has 0 saturated carbocycles. The van der Waals surface area contributed by atoms with E-state index in [2.05, 4.69) is 36.9 Å². The average Bonchev–Trinajstić information content (AvgIpc) is 2.99. The number of ether oxygens (including phenoxy) is 1.